The number of hydrogen-bond acceptors (Lipinski definition) is 7. The number of aromatic nitrogens is 1. The van der Waals surface area contributed by atoms with E-state index in [1.807, 2.05) is 61.5 Å². The number of rotatable bonds is 5. The van der Waals surface area contributed by atoms with Crippen LogP contribution in [-0.4, -0.2) is 24.0 Å². The van der Waals surface area contributed by atoms with Gasteiger partial charge in [-0.15, -0.1) is 0 Å². The fourth-order valence-electron chi connectivity index (χ4n) is 4.16. The third kappa shape index (κ3) is 6.19. The van der Waals surface area contributed by atoms with Crippen molar-refractivity contribution >= 4 is 17.9 Å². The van der Waals surface area contributed by atoms with Crippen LogP contribution < -0.4 is 5.32 Å². The average molecular weight is 499 g/mol. The number of carbonyl (C=O) groups excluding carboxylic acids is 3. The molecule has 1 atom stereocenters. The molecule has 4 aromatic rings. The molecule has 8 nitrogen and oxygen atoms in total. The molecule has 0 radical (unpaired) electrons. The number of carbonyl (C=O) groups is 1. The number of benzene rings is 3. The molecular weight excluding hydrogens is 472 g/mol. The van der Waals surface area contributed by atoms with E-state index >= 15 is 0 Å². The van der Waals surface area contributed by atoms with Gasteiger partial charge in [0.15, 0.2) is 5.76 Å². The molecule has 37 heavy (non-hydrogen) atoms. The van der Waals surface area contributed by atoms with Crippen LogP contribution in [0.2, 0.25) is 0 Å². The molecule has 0 saturated heterocycles. The van der Waals surface area contributed by atoms with E-state index < -0.39 is 6.09 Å². The highest BCUT2D eigenvalue weighted by atomic mass is 16.6. The van der Waals surface area contributed by atoms with E-state index in [2.05, 4.69) is 28.7 Å². The molecule has 1 aliphatic heterocycles. The first kappa shape index (κ1) is 25.6. The van der Waals surface area contributed by atoms with Gasteiger partial charge >= 0.3 is 12.2 Å². The molecule has 1 amide bonds. The van der Waals surface area contributed by atoms with Gasteiger partial charge in [0.1, 0.15) is 17.5 Å². The zero-order chi connectivity index (χ0) is 26.2. The summed E-state index contributed by atoms with van der Waals surface area (Å²) in [5, 5.41) is 6.86. The minimum Gasteiger partial charge on any atom is -0.441 e. The molecule has 1 unspecified atom stereocenters. The number of nitrogens with zero attached hydrogens (tertiary/aromatic N) is 1. The lowest BCUT2D eigenvalue weighted by Crippen LogP contribution is -2.16. The molecule has 0 saturated carbocycles. The van der Waals surface area contributed by atoms with Gasteiger partial charge < -0.3 is 14.0 Å². The summed E-state index contributed by atoms with van der Waals surface area (Å²) < 4.78 is 16.7. The maximum Gasteiger partial charge on any atom is 0.412 e. The second-order valence-corrected chi connectivity index (χ2v) is 8.50. The van der Waals surface area contributed by atoms with Gasteiger partial charge in [-0.05, 0) is 54.2 Å². The van der Waals surface area contributed by atoms with Crippen molar-refractivity contribution < 1.29 is 28.4 Å². The Balaban J connectivity index is 0.00000102. The summed E-state index contributed by atoms with van der Waals surface area (Å²) in [4.78, 5) is 28.8. The smallest absolute Gasteiger partial charge is 0.412 e. The van der Waals surface area contributed by atoms with Gasteiger partial charge in [0.2, 0.25) is 0 Å². The molecular formula is C29H26N2O6. The minimum absolute atomic E-state index is 0.250. The summed E-state index contributed by atoms with van der Waals surface area (Å²) in [6.07, 6.45) is 0.268. The van der Waals surface area contributed by atoms with Crippen molar-refractivity contribution in [3.63, 3.8) is 0 Å². The van der Waals surface area contributed by atoms with Crippen LogP contribution in [0.1, 0.15) is 35.4 Å². The highest BCUT2D eigenvalue weighted by Gasteiger charge is 2.20. The van der Waals surface area contributed by atoms with Gasteiger partial charge in [-0.1, -0.05) is 71.9 Å². The van der Waals surface area contributed by atoms with Crippen molar-refractivity contribution in [2.24, 2.45) is 0 Å². The maximum absolute atomic E-state index is 12.6. The summed E-state index contributed by atoms with van der Waals surface area (Å²) in [5.74, 6) is 0.493. The van der Waals surface area contributed by atoms with Crippen molar-refractivity contribution in [1.29, 1.82) is 0 Å². The number of nitrogens with one attached hydrogen (secondary N) is 1. The van der Waals surface area contributed by atoms with E-state index in [9.17, 15) is 4.79 Å². The first-order chi connectivity index (χ1) is 18.0. The Hall–Kier alpha value is -4.52. The van der Waals surface area contributed by atoms with Crippen LogP contribution in [-0.2, 0) is 32.1 Å². The van der Waals surface area contributed by atoms with Gasteiger partial charge in [-0.2, -0.15) is 9.59 Å². The Morgan fingerprint density at radius 1 is 0.973 bits per heavy atom. The molecule has 0 spiro atoms. The summed E-state index contributed by atoms with van der Waals surface area (Å²) in [5.41, 5.74) is 7.66. The maximum atomic E-state index is 12.6. The lowest BCUT2D eigenvalue weighted by Gasteiger charge is -2.17. The van der Waals surface area contributed by atoms with Gasteiger partial charge in [-0.3, -0.25) is 5.32 Å². The first-order valence-electron chi connectivity index (χ1n) is 11.8. The normalized spacial score (nSPS) is 12.8. The van der Waals surface area contributed by atoms with Crippen LogP contribution in [0.4, 0.5) is 10.5 Å². The Morgan fingerprint density at radius 2 is 1.65 bits per heavy atom. The van der Waals surface area contributed by atoms with E-state index in [0.29, 0.717) is 23.7 Å². The second-order valence-electron chi connectivity index (χ2n) is 8.50. The molecule has 1 aromatic heterocycles. The largest absolute Gasteiger partial charge is 0.441 e. The molecule has 3 aromatic carbocycles. The number of hydrogen-bond donors (Lipinski definition) is 1. The lowest BCUT2D eigenvalue weighted by molar-refractivity contribution is -0.191. The minimum atomic E-state index is -0.559. The Labute approximate surface area is 214 Å². The fraction of sp³-hybridized carbons (Fsp3) is 0.207. The van der Waals surface area contributed by atoms with Crippen LogP contribution in [0.15, 0.2) is 77.3 Å². The van der Waals surface area contributed by atoms with E-state index in [0.717, 1.165) is 35.3 Å². The molecule has 1 N–H and O–H groups in total. The third-order valence-corrected chi connectivity index (χ3v) is 6.10. The monoisotopic (exact) mass is 498 g/mol. The van der Waals surface area contributed by atoms with Gasteiger partial charge in [-0.25, -0.2) is 4.79 Å². The zero-order valence-corrected chi connectivity index (χ0v) is 20.5. The highest BCUT2D eigenvalue weighted by molar-refractivity contribution is 5.91. The van der Waals surface area contributed by atoms with Crippen molar-refractivity contribution in [3.05, 3.63) is 95.2 Å². The van der Waals surface area contributed by atoms with Crippen LogP contribution in [0, 0.1) is 6.92 Å². The van der Waals surface area contributed by atoms with E-state index in [-0.39, 0.29) is 12.3 Å². The predicted molar refractivity (Wildman–Crippen MR) is 135 cm³/mol. The number of fused-ring (bicyclic) bond motifs is 1. The van der Waals surface area contributed by atoms with Crippen LogP contribution >= 0.6 is 0 Å². The second kappa shape index (κ2) is 11.9. The molecule has 0 aliphatic carbocycles. The van der Waals surface area contributed by atoms with E-state index in [4.69, 9.17) is 23.6 Å². The Kier molecular flexibility index (Phi) is 8.26. The Bertz CT molecular complexity index is 1390. The van der Waals surface area contributed by atoms with Crippen molar-refractivity contribution in [2.75, 3.05) is 11.9 Å². The predicted octanol–water partition coefficient (Wildman–Crippen LogP) is 6.12. The number of anilines is 1. The molecule has 8 heteroatoms. The summed E-state index contributed by atoms with van der Waals surface area (Å²) >= 11 is 0. The molecule has 188 valence electrons. The first-order valence-corrected chi connectivity index (χ1v) is 11.8. The quantitative estimate of drug-likeness (QED) is 0.353. The average Bonchev–Trinajstić information content (AvgIpc) is 3.29. The van der Waals surface area contributed by atoms with Crippen LogP contribution in [0.25, 0.3) is 22.5 Å². The standard InChI is InChI=1S/C28H26N2O4.CO2/c1-18-26(29-28(31)33-19(2)20-6-4-3-5-7-20)27(34-30-18)23-11-8-21(9-12-23)24-13-10-22-14-15-32-17-25(22)16-24;2-1-3/h3-13,16,19H,14-15,17H2,1-2H3,(H,29,31);. The lowest BCUT2D eigenvalue weighted by atomic mass is 9.96. The van der Waals surface area contributed by atoms with E-state index in [1.165, 1.54) is 11.1 Å². The number of amides is 1. The topological polar surface area (TPSA) is 108 Å². The van der Waals surface area contributed by atoms with Gasteiger partial charge in [0, 0.05) is 5.56 Å². The van der Waals surface area contributed by atoms with Gasteiger partial charge in [0.05, 0.1) is 13.2 Å². The number of aryl methyl sites for hydroxylation is 1. The van der Waals surface area contributed by atoms with Crippen LogP contribution in [0.3, 0.4) is 0 Å². The van der Waals surface area contributed by atoms with Crippen molar-refractivity contribution in [3.8, 4) is 22.5 Å². The van der Waals surface area contributed by atoms with Gasteiger partial charge in [0.25, 0.3) is 0 Å². The van der Waals surface area contributed by atoms with Crippen LogP contribution in [0.5, 0.6) is 0 Å². The van der Waals surface area contributed by atoms with Crippen molar-refractivity contribution in [2.45, 2.75) is 33.0 Å². The molecule has 0 bridgehead atoms. The molecule has 0 fully saturated rings. The fourth-order valence-corrected chi connectivity index (χ4v) is 4.16. The molecule has 2 heterocycles. The zero-order valence-electron chi connectivity index (χ0n) is 20.5. The Morgan fingerprint density at radius 3 is 2.38 bits per heavy atom. The summed E-state index contributed by atoms with van der Waals surface area (Å²) in [6, 6.07) is 24.1. The highest BCUT2D eigenvalue weighted by Crippen LogP contribution is 2.33. The third-order valence-electron chi connectivity index (χ3n) is 6.10. The SMILES string of the molecule is Cc1noc(-c2ccc(-c3ccc4c(c3)COCC4)cc2)c1NC(=O)OC(C)c1ccccc1.O=C=O. The summed E-state index contributed by atoms with van der Waals surface area (Å²) in [7, 11) is 0. The van der Waals surface area contributed by atoms with E-state index in [1.54, 1.807) is 6.92 Å². The van der Waals surface area contributed by atoms with Crippen molar-refractivity contribution in [1.82, 2.24) is 5.16 Å². The molecule has 5 rings (SSSR count). The summed E-state index contributed by atoms with van der Waals surface area (Å²) in [6.45, 7) is 5.06. The molecule has 1 aliphatic rings. The number of ether oxygens (including phenoxy) is 2.